The van der Waals surface area contributed by atoms with Gasteiger partial charge in [0.15, 0.2) is 0 Å². The molecule has 2 rings (SSSR count). The molecule has 0 fully saturated rings. The van der Waals surface area contributed by atoms with Gasteiger partial charge in [0.2, 0.25) is 0 Å². The Balaban J connectivity index is 2.48. The van der Waals surface area contributed by atoms with Gasteiger partial charge in [0.25, 0.3) is 0 Å². The fraction of sp³-hybridized carbons (Fsp3) is 0.400. The molecule has 2 N–H and O–H groups in total. The maximum atomic E-state index is 4.47. The molecule has 0 radical (unpaired) electrons. The average molecular weight is 243 g/mol. The zero-order chi connectivity index (χ0) is 13.1. The van der Waals surface area contributed by atoms with E-state index >= 15 is 0 Å². The van der Waals surface area contributed by atoms with Crippen LogP contribution in [0.4, 0.5) is 0 Å². The van der Waals surface area contributed by atoms with Crippen LogP contribution in [0, 0.1) is 6.92 Å². The van der Waals surface area contributed by atoms with Crippen molar-refractivity contribution in [2.24, 2.45) is 0 Å². The second-order valence-electron chi connectivity index (χ2n) is 4.99. The quantitative estimate of drug-likeness (QED) is 0.865. The van der Waals surface area contributed by atoms with Crippen molar-refractivity contribution in [3.8, 4) is 11.3 Å². The summed E-state index contributed by atoms with van der Waals surface area (Å²) < 4.78 is 0. The molecule has 0 spiro atoms. The van der Waals surface area contributed by atoms with Crippen molar-refractivity contribution < 1.29 is 0 Å². The van der Waals surface area contributed by atoms with Crippen molar-refractivity contribution in [2.75, 3.05) is 7.05 Å². The van der Waals surface area contributed by atoms with Gasteiger partial charge in [-0.15, -0.1) is 0 Å². The van der Waals surface area contributed by atoms with Crippen molar-refractivity contribution in [3.05, 3.63) is 41.3 Å². The Bertz CT molecular complexity index is 526. The second-order valence-corrected chi connectivity index (χ2v) is 4.99. The number of rotatable bonds is 4. The van der Waals surface area contributed by atoms with E-state index in [0.29, 0.717) is 5.92 Å². The first-order valence-corrected chi connectivity index (χ1v) is 6.41. The summed E-state index contributed by atoms with van der Waals surface area (Å²) in [5, 5.41) is 3.17. The summed E-state index contributed by atoms with van der Waals surface area (Å²) in [4.78, 5) is 7.68. The van der Waals surface area contributed by atoms with Crippen LogP contribution in [0.3, 0.4) is 0 Å². The largest absolute Gasteiger partial charge is 0.347 e. The number of nitrogens with zero attached hydrogens (tertiary/aromatic N) is 1. The van der Waals surface area contributed by atoms with Crippen LogP contribution < -0.4 is 5.32 Å². The minimum Gasteiger partial charge on any atom is -0.347 e. The highest BCUT2D eigenvalue weighted by molar-refractivity contribution is 5.66. The van der Waals surface area contributed by atoms with E-state index in [4.69, 9.17) is 0 Å². The Morgan fingerprint density at radius 1 is 1.33 bits per heavy atom. The molecular weight excluding hydrogens is 222 g/mol. The Morgan fingerprint density at radius 3 is 2.78 bits per heavy atom. The summed E-state index contributed by atoms with van der Waals surface area (Å²) >= 11 is 0. The van der Waals surface area contributed by atoms with Gasteiger partial charge in [0.1, 0.15) is 0 Å². The molecule has 3 heteroatoms. The lowest BCUT2D eigenvalue weighted by Gasteiger charge is -2.11. The summed E-state index contributed by atoms with van der Waals surface area (Å²) in [6.45, 7) is 7.37. The molecule has 1 aromatic carbocycles. The first-order valence-electron chi connectivity index (χ1n) is 6.41. The number of aromatic amines is 1. The third-order valence-corrected chi connectivity index (χ3v) is 3.26. The summed E-state index contributed by atoms with van der Waals surface area (Å²) in [6.07, 6.45) is 1.77. The standard InChI is InChI=1S/C15H21N3/c1-10(2)12-6-5-11(3)13(7-12)15-14(8-16-4)17-9-18-15/h5-7,9-10,16H,8H2,1-4H3,(H,17,18). The number of imidazole rings is 1. The molecule has 0 bridgehead atoms. The van der Waals surface area contributed by atoms with Crippen LogP contribution >= 0.6 is 0 Å². The van der Waals surface area contributed by atoms with Crippen molar-refractivity contribution in [3.63, 3.8) is 0 Å². The van der Waals surface area contributed by atoms with Gasteiger partial charge in [-0.05, 0) is 37.1 Å². The van der Waals surface area contributed by atoms with Crippen LogP contribution in [-0.2, 0) is 6.54 Å². The highest BCUT2D eigenvalue weighted by atomic mass is 14.9. The van der Waals surface area contributed by atoms with Crippen molar-refractivity contribution in [2.45, 2.75) is 33.2 Å². The monoisotopic (exact) mass is 243 g/mol. The van der Waals surface area contributed by atoms with E-state index in [1.165, 1.54) is 16.7 Å². The topological polar surface area (TPSA) is 40.7 Å². The molecule has 0 saturated heterocycles. The zero-order valence-corrected chi connectivity index (χ0v) is 11.5. The number of hydrogen-bond acceptors (Lipinski definition) is 2. The lowest BCUT2D eigenvalue weighted by atomic mass is 9.95. The van der Waals surface area contributed by atoms with Crippen LogP contribution in [0.15, 0.2) is 24.5 Å². The average Bonchev–Trinajstić information content (AvgIpc) is 2.78. The molecular formula is C15H21N3. The van der Waals surface area contributed by atoms with Crippen molar-refractivity contribution in [1.29, 1.82) is 0 Å². The van der Waals surface area contributed by atoms with E-state index in [9.17, 15) is 0 Å². The Hall–Kier alpha value is -1.61. The number of aromatic nitrogens is 2. The van der Waals surface area contributed by atoms with Gasteiger partial charge in [0, 0.05) is 12.1 Å². The molecule has 0 aliphatic heterocycles. The molecule has 0 amide bonds. The van der Waals surface area contributed by atoms with Gasteiger partial charge in [-0.1, -0.05) is 26.0 Å². The third-order valence-electron chi connectivity index (χ3n) is 3.26. The summed E-state index contributed by atoms with van der Waals surface area (Å²) in [5.41, 5.74) is 6.05. The lowest BCUT2D eigenvalue weighted by molar-refractivity contribution is 0.798. The number of nitrogens with one attached hydrogen (secondary N) is 2. The SMILES string of the molecule is CNCc1[nH]cnc1-c1cc(C(C)C)ccc1C. The van der Waals surface area contributed by atoms with Crippen LogP contribution in [-0.4, -0.2) is 17.0 Å². The lowest BCUT2D eigenvalue weighted by Crippen LogP contribution is -2.06. The van der Waals surface area contributed by atoms with Gasteiger partial charge >= 0.3 is 0 Å². The van der Waals surface area contributed by atoms with Gasteiger partial charge in [-0.25, -0.2) is 4.98 Å². The van der Waals surface area contributed by atoms with E-state index in [-0.39, 0.29) is 0 Å². The molecule has 0 saturated carbocycles. The molecule has 0 aliphatic carbocycles. The van der Waals surface area contributed by atoms with Crippen LogP contribution in [0.5, 0.6) is 0 Å². The van der Waals surface area contributed by atoms with Gasteiger partial charge in [-0.2, -0.15) is 0 Å². The molecule has 2 aromatic rings. The first kappa shape index (κ1) is 12.8. The molecule has 18 heavy (non-hydrogen) atoms. The Morgan fingerprint density at radius 2 is 2.11 bits per heavy atom. The fourth-order valence-electron chi connectivity index (χ4n) is 2.12. The fourth-order valence-corrected chi connectivity index (χ4v) is 2.12. The van der Waals surface area contributed by atoms with Gasteiger partial charge in [-0.3, -0.25) is 0 Å². The van der Waals surface area contributed by atoms with Crippen LogP contribution in [0.25, 0.3) is 11.3 Å². The van der Waals surface area contributed by atoms with Crippen LogP contribution in [0.1, 0.15) is 36.6 Å². The number of hydrogen-bond donors (Lipinski definition) is 2. The maximum absolute atomic E-state index is 4.47. The van der Waals surface area contributed by atoms with Crippen molar-refractivity contribution >= 4 is 0 Å². The highest BCUT2D eigenvalue weighted by Crippen LogP contribution is 2.28. The summed E-state index contributed by atoms with van der Waals surface area (Å²) in [6, 6.07) is 6.64. The van der Waals surface area contributed by atoms with Crippen molar-refractivity contribution in [1.82, 2.24) is 15.3 Å². The predicted octanol–water partition coefficient (Wildman–Crippen LogP) is 3.23. The predicted molar refractivity (Wildman–Crippen MR) is 75.6 cm³/mol. The Kier molecular flexibility index (Phi) is 3.82. The minimum atomic E-state index is 0.538. The Labute approximate surface area is 109 Å². The van der Waals surface area contributed by atoms with E-state index in [0.717, 1.165) is 17.9 Å². The maximum Gasteiger partial charge on any atom is 0.0929 e. The van der Waals surface area contributed by atoms with E-state index < -0.39 is 0 Å². The van der Waals surface area contributed by atoms with Gasteiger partial charge in [0.05, 0.1) is 17.7 Å². The number of benzene rings is 1. The van der Waals surface area contributed by atoms with E-state index in [2.05, 4.69) is 54.3 Å². The normalized spacial score (nSPS) is 11.2. The van der Waals surface area contributed by atoms with E-state index in [1.807, 2.05) is 7.05 Å². The second kappa shape index (κ2) is 5.36. The molecule has 96 valence electrons. The first-order chi connectivity index (χ1) is 8.63. The molecule has 0 aliphatic rings. The number of H-pyrrole nitrogens is 1. The highest BCUT2D eigenvalue weighted by Gasteiger charge is 2.11. The molecule has 0 unspecified atom stereocenters. The number of aryl methyl sites for hydroxylation is 1. The van der Waals surface area contributed by atoms with Gasteiger partial charge < -0.3 is 10.3 Å². The third kappa shape index (κ3) is 2.46. The summed E-state index contributed by atoms with van der Waals surface area (Å²) in [7, 11) is 1.95. The summed E-state index contributed by atoms with van der Waals surface area (Å²) in [5.74, 6) is 0.538. The molecule has 1 aromatic heterocycles. The van der Waals surface area contributed by atoms with Crippen LogP contribution in [0.2, 0.25) is 0 Å². The molecule has 3 nitrogen and oxygen atoms in total. The molecule has 1 heterocycles. The minimum absolute atomic E-state index is 0.538. The smallest absolute Gasteiger partial charge is 0.0929 e. The molecule has 0 atom stereocenters. The zero-order valence-electron chi connectivity index (χ0n) is 11.5. The van der Waals surface area contributed by atoms with E-state index in [1.54, 1.807) is 6.33 Å².